The zero-order valence-electron chi connectivity index (χ0n) is 10.4. The van der Waals surface area contributed by atoms with E-state index in [1.54, 1.807) is 12.1 Å². The molecule has 4 nitrogen and oxygen atoms in total. The fourth-order valence-corrected chi connectivity index (χ4v) is 3.57. The molecule has 96 valence electrons. The van der Waals surface area contributed by atoms with Crippen molar-refractivity contribution in [3.05, 3.63) is 34.4 Å². The lowest BCUT2D eigenvalue weighted by Crippen LogP contribution is -2.35. The second-order valence-electron chi connectivity index (χ2n) is 5.34. The van der Waals surface area contributed by atoms with Crippen LogP contribution >= 0.6 is 0 Å². The predicted octanol–water partition coefficient (Wildman–Crippen LogP) is 3.36. The van der Waals surface area contributed by atoms with Gasteiger partial charge in [-0.25, -0.2) is 0 Å². The van der Waals surface area contributed by atoms with E-state index >= 15 is 0 Å². The van der Waals surface area contributed by atoms with Gasteiger partial charge in [-0.1, -0.05) is 25.0 Å². The van der Waals surface area contributed by atoms with E-state index in [1.165, 1.54) is 32.1 Å². The van der Waals surface area contributed by atoms with Gasteiger partial charge in [0.2, 0.25) is 0 Å². The minimum Gasteiger partial charge on any atom is -0.363 e. The molecule has 1 saturated carbocycles. The van der Waals surface area contributed by atoms with Crippen LogP contribution in [0.25, 0.3) is 0 Å². The van der Waals surface area contributed by atoms with Crippen LogP contribution in [0.4, 0.5) is 11.4 Å². The third kappa shape index (κ3) is 1.85. The first kappa shape index (κ1) is 11.5. The maximum absolute atomic E-state index is 11.1. The Kier molecular flexibility index (Phi) is 2.94. The number of nitro groups is 1. The quantitative estimate of drug-likeness (QED) is 0.593. The first-order chi connectivity index (χ1) is 8.77. The Morgan fingerprint density at radius 3 is 2.78 bits per heavy atom. The monoisotopic (exact) mass is 246 g/mol. The number of hydrogen-bond acceptors (Lipinski definition) is 3. The van der Waals surface area contributed by atoms with Gasteiger partial charge in [0.15, 0.2) is 0 Å². The third-order valence-corrected chi connectivity index (χ3v) is 4.40. The van der Waals surface area contributed by atoms with Crippen molar-refractivity contribution in [2.75, 3.05) is 11.4 Å². The SMILES string of the molecule is O=[N+]([O-])c1ccccc1N1CC[C@H]2CCCC[C@H]21. The van der Waals surface area contributed by atoms with Crippen molar-refractivity contribution in [3.8, 4) is 0 Å². The molecular weight excluding hydrogens is 228 g/mol. The van der Waals surface area contributed by atoms with Gasteiger partial charge < -0.3 is 4.90 Å². The Labute approximate surface area is 107 Å². The Balaban J connectivity index is 1.93. The molecule has 0 unspecified atom stereocenters. The van der Waals surface area contributed by atoms with Crippen molar-refractivity contribution in [1.29, 1.82) is 0 Å². The van der Waals surface area contributed by atoms with Gasteiger partial charge in [0, 0.05) is 18.7 Å². The molecule has 0 radical (unpaired) electrons. The van der Waals surface area contributed by atoms with Gasteiger partial charge in [-0.3, -0.25) is 10.1 Å². The molecule has 1 saturated heterocycles. The fourth-order valence-electron chi connectivity index (χ4n) is 3.57. The standard InChI is InChI=1S/C14H18N2O2/c17-16(18)14-8-4-3-7-13(14)15-10-9-11-5-1-2-6-12(11)15/h3-4,7-8,11-12H,1-2,5-6,9-10H2/t11-,12-/m1/s1. The minimum absolute atomic E-state index is 0.253. The molecule has 2 fully saturated rings. The van der Waals surface area contributed by atoms with Crippen LogP contribution in [0.15, 0.2) is 24.3 Å². The normalized spacial score (nSPS) is 27.0. The molecule has 0 aromatic heterocycles. The van der Waals surface area contributed by atoms with E-state index in [4.69, 9.17) is 0 Å². The van der Waals surface area contributed by atoms with Crippen molar-refractivity contribution in [1.82, 2.24) is 0 Å². The first-order valence-corrected chi connectivity index (χ1v) is 6.77. The molecule has 4 heteroatoms. The molecule has 2 atom stereocenters. The summed E-state index contributed by atoms with van der Waals surface area (Å²) >= 11 is 0. The van der Waals surface area contributed by atoms with Crippen LogP contribution in [-0.2, 0) is 0 Å². The zero-order chi connectivity index (χ0) is 12.5. The summed E-state index contributed by atoms with van der Waals surface area (Å²) in [6.45, 7) is 0.972. The average molecular weight is 246 g/mol. The van der Waals surface area contributed by atoms with E-state index in [0.29, 0.717) is 6.04 Å². The number of rotatable bonds is 2. The summed E-state index contributed by atoms with van der Waals surface area (Å²) in [4.78, 5) is 13.1. The van der Waals surface area contributed by atoms with E-state index in [0.717, 1.165) is 18.2 Å². The molecule has 2 aliphatic rings. The van der Waals surface area contributed by atoms with Crippen LogP contribution in [0.2, 0.25) is 0 Å². The van der Waals surface area contributed by atoms with Gasteiger partial charge in [0.25, 0.3) is 5.69 Å². The molecule has 0 spiro atoms. The summed E-state index contributed by atoms with van der Waals surface area (Å²) in [5.41, 5.74) is 1.07. The lowest BCUT2D eigenvalue weighted by molar-refractivity contribution is -0.384. The molecule has 1 aliphatic heterocycles. The Morgan fingerprint density at radius 2 is 1.94 bits per heavy atom. The maximum atomic E-state index is 11.1. The van der Waals surface area contributed by atoms with E-state index in [-0.39, 0.29) is 10.6 Å². The van der Waals surface area contributed by atoms with Gasteiger partial charge in [-0.05, 0) is 31.2 Å². The number of nitrogens with zero attached hydrogens (tertiary/aromatic N) is 2. The third-order valence-electron chi connectivity index (χ3n) is 4.40. The summed E-state index contributed by atoms with van der Waals surface area (Å²) in [7, 11) is 0. The van der Waals surface area contributed by atoms with Crippen LogP contribution < -0.4 is 4.90 Å². The van der Waals surface area contributed by atoms with E-state index < -0.39 is 0 Å². The highest BCUT2D eigenvalue weighted by atomic mass is 16.6. The van der Waals surface area contributed by atoms with Crippen LogP contribution in [0.1, 0.15) is 32.1 Å². The lowest BCUT2D eigenvalue weighted by Gasteiger charge is -2.32. The molecule has 0 amide bonds. The van der Waals surface area contributed by atoms with Crippen molar-refractivity contribution in [2.45, 2.75) is 38.1 Å². The van der Waals surface area contributed by atoms with Crippen molar-refractivity contribution >= 4 is 11.4 Å². The number of fused-ring (bicyclic) bond motifs is 1. The molecule has 1 heterocycles. The molecule has 0 N–H and O–H groups in total. The van der Waals surface area contributed by atoms with Crippen LogP contribution in [-0.4, -0.2) is 17.5 Å². The molecule has 1 aromatic carbocycles. The lowest BCUT2D eigenvalue weighted by atomic mass is 9.85. The van der Waals surface area contributed by atoms with E-state index in [2.05, 4.69) is 4.90 Å². The maximum Gasteiger partial charge on any atom is 0.292 e. The second kappa shape index (κ2) is 4.59. The fraction of sp³-hybridized carbons (Fsp3) is 0.571. The Hall–Kier alpha value is -1.58. The number of benzene rings is 1. The van der Waals surface area contributed by atoms with Gasteiger partial charge >= 0.3 is 0 Å². The summed E-state index contributed by atoms with van der Waals surface area (Å²) < 4.78 is 0. The molecule has 3 rings (SSSR count). The minimum atomic E-state index is -0.258. The van der Waals surface area contributed by atoms with Crippen LogP contribution in [0.5, 0.6) is 0 Å². The van der Waals surface area contributed by atoms with Crippen LogP contribution in [0, 0.1) is 16.0 Å². The first-order valence-electron chi connectivity index (χ1n) is 6.77. The van der Waals surface area contributed by atoms with E-state index in [1.807, 2.05) is 12.1 Å². The highest BCUT2D eigenvalue weighted by Gasteiger charge is 2.37. The van der Waals surface area contributed by atoms with Gasteiger partial charge in [0.1, 0.15) is 5.69 Å². The summed E-state index contributed by atoms with van der Waals surface area (Å²) in [5.74, 6) is 0.749. The second-order valence-corrected chi connectivity index (χ2v) is 5.34. The van der Waals surface area contributed by atoms with Gasteiger partial charge in [-0.15, -0.1) is 0 Å². The molecular formula is C14H18N2O2. The number of anilines is 1. The summed E-state index contributed by atoms with van der Waals surface area (Å²) in [5, 5.41) is 11.1. The van der Waals surface area contributed by atoms with Gasteiger partial charge in [0.05, 0.1) is 4.92 Å². The Bertz CT molecular complexity index is 461. The van der Waals surface area contributed by atoms with E-state index in [9.17, 15) is 10.1 Å². The van der Waals surface area contributed by atoms with Crippen molar-refractivity contribution in [2.24, 2.45) is 5.92 Å². The average Bonchev–Trinajstić information content (AvgIpc) is 2.82. The smallest absolute Gasteiger partial charge is 0.292 e. The zero-order valence-corrected chi connectivity index (χ0v) is 10.4. The molecule has 18 heavy (non-hydrogen) atoms. The predicted molar refractivity (Wildman–Crippen MR) is 70.8 cm³/mol. The molecule has 1 aromatic rings. The number of hydrogen-bond donors (Lipinski definition) is 0. The topological polar surface area (TPSA) is 46.4 Å². The van der Waals surface area contributed by atoms with Crippen LogP contribution in [0.3, 0.4) is 0 Å². The summed E-state index contributed by atoms with van der Waals surface area (Å²) in [6, 6.07) is 7.69. The van der Waals surface area contributed by atoms with Crippen molar-refractivity contribution in [3.63, 3.8) is 0 Å². The molecule has 1 aliphatic carbocycles. The molecule has 0 bridgehead atoms. The highest BCUT2D eigenvalue weighted by Crippen LogP contribution is 2.41. The summed E-state index contributed by atoms with van der Waals surface area (Å²) in [6.07, 6.45) is 6.26. The Morgan fingerprint density at radius 1 is 1.17 bits per heavy atom. The largest absolute Gasteiger partial charge is 0.363 e. The number of para-hydroxylation sites is 2. The van der Waals surface area contributed by atoms with Crippen molar-refractivity contribution < 1.29 is 4.92 Å². The van der Waals surface area contributed by atoms with Gasteiger partial charge in [-0.2, -0.15) is 0 Å². The number of nitro benzene ring substituents is 1. The highest BCUT2D eigenvalue weighted by molar-refractivity contribution is 5.64.